The number of benzene rings is 9. The van der Waals surface area contributed by atoms with Crippen LogP contribution in [0.3, 0.4) is 0 Å². The van der Waals surface area contributed by atoms with Gasteiger partial charge in [-0.1, -0.05) is 158 Å². The predicted molar refractivity (Wildman–Crippen MR) is 245 cm³/mol. The van der Waals surface area contributed by atoms with Crippen molar-refractivity contribution in [2.45, 2.75) is 0 Å². The second kappa shape index (κ2) is 13.1. The minimum atomic E-state index is 0.829. The van der Waals surface area contributed by atoms with E-state index in [9.17, 15) is 0 Å². The quantitative estimate of drug-likeness (QED) is 0.169. The van der Waals surface area contributed by atoms with Crippen molar-refractivity contribution in [1.29, 1.82) is 0 Å². The highest BCUT2D eigenvalue weighted by molar-refractivity contribution is 7.26. The Balaban J connectivity index is 1.28. The lowest BCUT2D eigenvalue weighted by Crippen LogP contribution is -2.12. The van der Waals surface area contributed by atoms with Gasteiger partial charge in [-0.2, -0.15) is 0 Å². The number of thiophene rings is 1. The molecule has 0 unspecified atom stereocenters. The largest absolute Gasteiger partial charge is 0.455 e. The van der Waals surface area contributed by atoms with Gasteiger partial charge in [0.1, 0.15) is 22.3 Å². The Morgan fingerprint density at radius 3 is 1.67 bits per heavy atom. The van der Waals surface area contributed by atoms with E-state index in [2.05, 4.69) is 205 Å². The van der Waals surface area contributed by atoms with E-state index in [1.54, 1.807) is 0 Å². The SMILES string of the molecule is c1ccc(-c2ccc3oc4c(-c5ccccc5)cccc4c3c2N(c2cccc3c2sc2ccccc23)c2ccc(-c3ccccc3)c3oc4ccccc4c23)cc1. The molecule has 0 saturated carbocycles. The lowest BCUT2D eigenvalue weighted by atomic mass is 9.95. The van der Waals surface area contributed by atoms with Crippen molar-refractivity contribution in [3.63, 3.8) is 0 Å². The van der Waals surface area contributed by atoms with Gasteiger partial charge in [-0.25, -0.2) is 0 Å². The van der Waals surface area contributed by atoms with E-state index < -0.39 is 0 Å². The fourth-order valence-corrected chi connectivity index (χ4v) is 10.1. The first-order chi connectivity index (χ1) is 28.8. The minimum absolute atomic E-state index is 0.829. The first kappa shape index (κ1) is 32.8. The summed E-state index contributed by atoms with van der Waals surface area (Å²) in [4.78, 5) is 2.51. The first-order valence-corrected chi connectivity index (χ1v) is 20.4. The summed E-state index contributed by atoms with van der Waals surface area (Å²) in [7, 11) is 0. The summed E-state index contributed by atoms with van der Waals surface area (Å²) in [6, 6.07) is 71.2. The van der Waals surface area contributed by atoms with E-state index in [1.807, 2.05) is 11.3 Å². The molecule has 0 fully saturated rings. The number of furan rings is 2. The number of hydrogen-bond donors (Lipinski definition) is 0. The van der Waals surface area contributed by atoms with Gasteiger partial charge in [-0.3, -0.25) is 0 Å². The Kier molecular flexibility index (Phi) is 7.40. The maximum atomic E-state index is 7.00. The van der Waals surface area contributed by atoms with Crippen LogP contribution in [0.15, 0.2) is 209 Å². The standard InChI is InChI=1S/C54H33NO2S/c1-4-16-34(17-5-1)37-31-33-47-50(43-26-14-24-38(52(43)57-47)35-18-6-2-7-19-35)51(37)55(45-27-15-25-41-40-22-11-13-29-48(40)58-54(41)45)44-32-30-39(36-20-8-3-9-21-36)53-49(44)42-23-10-12-28-46(42)56-53/h1-33H. The molecule has 12 aromatic rings. The van der Waals surface area contributed by atoms with Gasteiger partial charge in [0, 0.05) is 42.9 Å². The van der Waals surface area contributed by atoms with Crippen molar-refractivity contribution in [1.82, 2.24) is 0 Å². The van der Waals surface area contributed by atoms with Gasteiger partial charge in [0.05, 0.1) is 32.5 Å². The molecule has 0 spiro atoms. The Morgan fingerprint density at radius 1 is 0.345 bits per heavy atom. The van der Waals surface area contributed by atoms with Crippen molar-refractivity contribution in [3.05, 3.63) is 200 Å². The molecule has 3 aromatic heterocycles. The fraction of sp³-hybridized carbons (Fsp3) is 0. The Bertz CT molecular complexity index is 3510. The highest BCUT2D eigenvalue weighted by Crippen LogP contribution is 2.54. The van der Waals surface area contributed by atoms with Crippen molar-refractivity contribution < 1.29 is 8.83 Å². The molecule has 0 amide bonds. The van der Waals surface area contributed by atoms with Crippen LogP contribution in [-0.2, 0) is 0 Å². The molecule has 9 aromatic carbocycles. The van der Waals surface area contributed by atoms with Crippen LogP contribution in [0.5, 0.6) is 0 Å². The van der Waals surface area contributed by atoms with Crippen molar-refractivity contribution in [2.24, 2.45) is 0 Å². The normalized spacial score (nSPS) is 11.8. The molecule has 0 aliphatic rings. The van der Waals surface area contributed by atoms with Gasteiger partial charge in [0.15, 0.2) is 0 Å². The molecule has 0 N–H and O–H groups in total. The van der Waals surface area contributed by atoms with Gasteiger partial charge in [0.2, 0.25) is 0 Å². The van der Waals surface area contributed by atoms with Crippen LogP contribution in [0.4, 0.5) is 17.1 Å². The lowest BCUT2D eigenvalue weighted by Gasteiger charge is -2.30. The van der Waals surface area contributed by atoms with E-state index in [0.717, 1.165) is 94.3 Å². The summed E-state index contributed by atoms with van der Waals surface area (Å²) < 4.78 is 16.4. The molecule has 58 heavy (non-hydrogen) atoms. The van der Waals surface area contributed by atoms with E-state index in [1.165, 1.54) is 20.2 Å². The van der Waals surface area contributed by atoms with Crippen LogP contribution >= 0.6 is 11.3 Å². The van der Waals surface area contributed by atoms with Crippen LogP contribution in [0, 0.1) is 0 Å². The number of nitrogens with zero attached hydrogens (tertiary/aromatic N) is 1. The summed E-state index contributed by atoms with van der Waals surface area (Å²) in [5.74, 6) is 0. The van der Waals surface area contributed by atoms with Gasteiger partial charge in [-0.05, 0) is 59.2 Å². The zero-order valence-electron chi connectivity index (χ0n) is 31.2. The molecule has 0 saturated heterocycles. The fourth-order valence-electron chi connectivity index (χ4n) is 8.92. The van der Waals surface area contributed by atoms with Gasteiger partial charge in [0.25, 0.3) is 0 Å². The summed E-state index contributed by atoms with van der Waals surface area (Å²) in [6.07, 6.45) is 0. The molecule has 0 aliphatic heterocycles. The van der Waals surface area contributed by atoms with Crippen LogP contribution in [0.25, 0.3) is 97.4 Å². The zero-order valence-corrected chi connectivity index (χ0v) is 32.0. The molecule has 272 valence electrons. The van der Waals surface area contributed by atoms with E-state index in [0.29, 0.717) is 0 Å². The number of hydrogen-bond acceptors (Lipinski definition) is 4. The molecule has 0 aliphatic carbocycles. The predicted octanol–water partition coefficient (Wildman–Crippen LogP) is 16.3. The molecular formula is C54H33NO2S. The zero-order chi connectivity index (χ0) is 38.2. The lowest BCUT2D eigenvalue weighted by molar-refractivity contribution is 0.670. The highest BCUT2D eigenvalue weighted by atomic mass is 32.1. The average molecular weight is 760 g/mol. The maximum Gasteiger partial charge on any atom is 0.145 e. The van der Waals surface area contributed by atoms with E-state index in [4.69, 9.17) is 8.83 Å². The molecule has 0 atom stereocenters. The number of rotatable bonds is 6. The van der Waals surface area contributed by atoms with Gasteiger partial charge < -0.3 is 13.7 Å². The Labute approximate surface area is 338 Å². The molecule has 0 bridgehead atoms. The molecule has 4 heteroatoms. The third-order valence-electron chi connectivity index (χ3n) is 11.5. The summed E-state index contributed by atoms with van der Waals surface area (Å²) in [6.45, 7) is 0. The van der Waals surface area contributed by atoms with Crippen LogP contribution < -0.4 is 4.90 Å². The van der Waals surface area contributed by atoms with Gasteiger partial charge in [-0.15, -0.1) is 11.3 Å². The van der Waals surface area contributed by atoms with Gasteiger partial charge >= 0.3 is 0 Å². The number of fused-ring (bicyclic) bond motifs is 9. The summed E-state index contributed by atoms with van der Waals surface area (Å²) >= 11 is 1.84. The Hall–Kier alpha value is -7.40. The van der Waals surface area contributed by atoms with Crippen LogP contribution in [0.2, 0.25) is 0 Å². The summed E-state index contributed by atoms with van der Waals surface area (Å²) in [5.41, 5.74) is 13.2. The molecule has 3 nitrogen and oxygen atoms in total. The van der Waals surface area contributed by atoms with E-state index >= 15 is 0 Å². The number of anilines is 3. The monoisotopic (exact) mass is 759 g/mol. The molecular weight excluding hydrogens is 727 g/mol. The third kappa shape index (κ3) is 4.99. The maximum absolute atomic E-state index is 7.00. The van der Waals surface area contributed by atoms with Crippen LogP contribution in [0.1, 0.15) is 0 Å². The number of para-hydroxylation sites is 2. The molecule has 3 heterocycles. The average Bonchev–Trinajstić information content (AvgIpc) is 4.00. The van der Waals surface area contributed by atoms with Crippen molar-refractivity contribution in [2.75, 3.05) is 4.90 Å². The first-order valence-electron chi connectivity index (χ1n) is 19.6. The minimum Gasteiger partial charge on any atom is -0.455 e. The second-order valence-electron chi connectivity index (χ2n) is 14.7. The summed E-state index contributed by atoms with van der Waals surface area (Å²) in [5, 5.41) is 6.73. The third-order valence-corrected chi connectivity index (χ3v) is 12.7. The Morgan fingerprint density at radius 2 is 0.914 bits per heavy atom. The van der Waals surface area contributed by atoms with E-state index in [-0.39, 0.29) is 0 Å². The topological polar surface area (TPSA) is 29.5 Å². The van der Waals surface area contributed by atoms with Crippen molar-refractivity contribution in [3.8, 4) is 33.4 Å². The molecule has 12 rings (SSSR count). The van der Waals surface area contributed by atoms with Crippen LogP contribution in [-0.4, -0.2) is 0 Å². The second-order valence-corrected chi connectivity index (χ2v) is 15.8. The molecule has 0 radical (unpaired) electrons. The van der Waals surface area contributed by atoms with Crippen molar-refractivity contribution >= 4 is 92.4 Å². The highest BCUT2D eigenvalue weighted by Gasteiger charge is 2.29. The smallest absolute Gasteiger partial charge is 0.145 e.